The van der Waals surface area contributed by atoms with Crippen LogP contribution in [0, 0.1) is 0 Å². The van der Waals surface area contributed by atoms with Crippen molar-refractivity contribution in [3.05, 3.63) is 60.2 Å². The summed E-state index contributed by atoms with van der Waals surface area (Å²) in [7, 11) is 1.67. The molecule has 0 radical (unpaired) electrons. The number of nitrogens with one attached hydrogen (secondary N) is 1. The van der Waals surface area contributed by atoms with Crippen LogP contribution in [0.2, 0.25) is 0 Å². The molecule has 0 aliphatic carbocycles. The Bertz CT molecular complexity index is 744. The molecule has 2 aromatic rings. The predicted molar refractivity (Wildman–Crippen MR) is 114 cm³/mol. The van der Waals surface area contributed by atoms with Gasteiger partial charge >= 0.3 is 0 Å². The minimum absolute atomic E-state index is 0.0168. The normalized spacial score (nSPS) is 16.2. The van der Waals surface area contributed by atoms with Gasteiger partial charge in [-0.1, -0.05) is 37.3 Å². The van der Waals surface area contributed by atoms with E-state index in [1.165, 1.54) is 5.56 Å². The van der Waals surface area contributed by atoms with Crippen LogP contribution in [0.1, 0.15) is 18.5 Å². The van der Waals surface area contributed by atoms with Crippen molar-refractivity contribution >= 4 is 5.91 Å². The predicted octanol–water partition coefficient (Wildman–Crippen LogP) is 2.57. The molecule has 156 valence electrons. The molecule has 1 unspecified atom stereocenters. The number of rotatable bonds is 9. The highest BCUT2D eigenvalue weighted by Crippen LogP contribution is 2.24. The first-order valence-electron chi connectivity index (χ1n) is 10.2. The van der Waals surface area contributed by atoms with Crippen LogP contribution in [0.15, 0.2) is 54.6 Å². The van der Waals surface area contributed by atoms with Crippen LogP contribution in [-0.4, -0.2) is 68.7 Å². The highest BCUT2D eigenvalue weighted by Gasteiger charge is 2.25. The van der Waals surface area contributed by atoms with E-state index in [-0.39, 0.29) is 18.6 Å². The number of ether oxygens (including phenoxy) is 2. The highest BCUT2D eigenvalue weighted by atomic mass is 16.5. The summed E-state index contributed by atoms with van der Waals surface area (Å²) in [4.78, 5) is 17.3. The Morgan fingerprint density at radius 3 is 2.31 bits per heavy atom. The molecule has 1 heterocycles. The molecule has 1 aliphatic heterocycles. The molecule has 2 aromatic carbocycles. The maximum absolute atomic E-state index is 12.4. The van der Waals surface area contributed by atoms with Crippen LogP contribution in [0.4, 0.5) is 0 Å². The number of nitrogens with zero attached hydrogens (tertiary/aromatic N) is 2. The Morgan fingerprint density at radius 1 is 1.00 bits per heavy atom. The van der Waals surface area contributed by atoms with Crippen LogP contribution in [0.5, 0.6) is 11.5 Å². The molecule has 3 rings (SSSR count). The molecule has 1 amide bonds. The number of likely N-dealkylation sites (N-methyl/N-ethyl adjacent to an activating group) is 1. The monoisotopic (exact) mass is 397 g/mol. The van der Waals surface area contributed by atoms with Gasteiger partial charge in [-0.25, -0.2) is 0 Å². The zero-order chi connectivity index (χ0) is 20.5. The van der Waals surface area contributed by atoms with Crippen LogP contribution < -0.4 is 14.8 Å². The first kappa shape index (κ1) is 21.1. The van der Waals surface area contributed by atoms with Crippen molar-refractivity contribution in [1.82, 2.24) is 15.1 Å². The number of carbonyl (C=O) groups excluding carboxylic acids is 1. The smallest absolute Gasteiger partial charge is 0.258 e. The average Bonchev–Trinajstić information content (AvgIpc) is 2.79. The van der Waals surface area contributed by atoms with Gasteiger partial charge in [0.2, 0.25) is 0 Å². The van der Waals surface area contributed by atoms with E-state index in [1.54, 1.807) is 7.11 Å². The summed E-state index contributed by atoms with van der Waals surface area (Å²) in [6.45, 7) is 7.92. The molecule has 0 aromatic heterocycles. The Labute approximate surface area is 173 Å². The maximum atomic E-state index is 12.4. The topological polar surface area (TPSA) is 54.0 Å². The Hall–Kier alpha value is -2.57. The zero-order valence-electron chi connectivity index (χ0n) is 17.3. The Morgan fingerprint density at radius 2 is 1.69 bits per heavy atom. The van der Waals surface area contributed by atoms with E-state index in [2.05, 4.69) is 34.2 Å². The van der Waals surface area contributed by atoms with Gasteiger partial charge in [0.25, 0.3) is 5.91 Å². The molecule has 29 heavy (non-hydrogen) atoms. The standard InChI is InChI=1S/C23H31N3O3/c1-3-25-13-15-26(16-14-25)22(19-9-11-20(28-2)12-10-19)17-24-23(27)18-29-21-7-5-4-6-8-21/h4-12,22H,3,13-18H2,1-2H3,(H,24,27). The third-order valence-corrected chi connectivity index (χ3v) is 5.40. The third-order valence-electron chi connectivity index (χ3n) is 5.40. The van der Waals surface area contributed by atoms with Crippen molar-refractivity contribution in [1.29, 1.82) is 0 Å². The van der Waals surface area contributed by atoms with E-state index in [4.69, 9.17) is 9.47 Å². The summed E-state index contributed by atoms with van der Waals surface area (Å²) in [6.07, 6.45) is 0. The number of benzene rings is 2. The van der Waals surface area contributed by atoms with Crippen LogP contribution >= 0.6 is 0 Å². The van der Waals surface area contributed by atoms with Crippen molar-refractivity contribution < 1.29 is 14.3 Å². The van der Waals surface area contributed by atoms with Crippen molar-refractivity contribution in [3.63, 3.8) is 0 Å². The highest BCUT2D eigenvalue weighted by molar-refractivity contribution is 5.77. The fourth-order valence-corrected chi connectivity index (χ4v) is 3.60. The lowest BCUT2D eigenvalue weighted by Crippen LogP contribution is -2.49. The second kappa shape index (κ2) is 10.8. The SMILES string of the molecule is CCN1CCN(C(CNC(=O)COc2ccccc2)c2ccc(OC)cc2)CC1. The van der Waals surface area contributed by atoms with Crippen molar-refractivity contribution in [2.75, 3.05) is 53.0 Å². The van der Waals surface area contributed by atoms with E-state index in [9.17, 15) is 4.79 Å². The Balaban J connectivity index is 1.60. The van der Waals surface area contributed by atoms with Crippen LogP contribution in [0.25, 0.3) is 0 Å². The summed E-state index contributed by atoms with van der Waals surface area (Å²) in [6, 6.07) is 17.7. The maximum Gasteiger partial charge on any atom is 0.258 e. The number of methoxy groups -OCH3 is 1. The lowest BCUT2D eigenvalue weighted by atomic mass is 10.0. The largest absolute Gasteiger partial charge is 0.497 e. The summed E-state index contributed by atoms with van der Waals surface area (Å²) < 4.78 is 10.8. The number of para-hydroxylation sites is 1. The average molecular weight is 398 g/mol. The van der Waals surface area contributed by atoms with Gasteiger partial charge in [0.1, 0.15) is 11.5 Å². The van der Waals surface area contributed by atoms with E-state index in [0.29, 0.717) is 12.3 Å². The van der Waals surface area contributed by atoms with Gasteiger partial charge in [0, 0.05) is 32.7 Å². The molecule has 1 saturated heterocycles. The zero-order valence-corrected chi connectivity index (χ0v) is 17.3. The number of hydrogen-bond donors (Lipinski definition) is 1. The first-order chi connectivity index (χ1) is 14.2. The van der Waals surface area contributed by atoms with E-state index in [0.717, 1.165) is 38.5 Å². The van der Waals surface area contributed by atoms with Crippen LogP contribution in [0.3, 0.4) is 0 Å². The minimum Gasteiger partial charge on any atom is -0.497 e. The second-order valence-corrected chi connectivity index (χ2v) is 7.16. The van der Waals surface area contributed by atoms with E-state index < -0.39 is 0 Å². The molecular weight excluding hydrogens is 366 g/mol. The lowest BCUT2D eigenvalue weighted by molar-refractivity contribution is -0.123. The van der Waals surface area contributed by atoms with Crippen molar-refractivity contribution in [3.8, 4) is 11.5 Å². The molecule has 0 bridgehead atoms. The van der Waals surface area contributed by atoms with Crippen molar-refractivity contribution in [2.45, 2.75) is 13.0 Å². The molecule has 0 spiro atoms. The molecule has 1 fully saturated rings. The molecule has 6 heteroatoms. The van der Waals surface area contributed by atoms with Gasteiger partial charge in [-0.05, 0) is 36.4 Å². The van der Waals surface area contributed by atoms with Gasteiger partial charge in [-0.2, -0.15) is 0 Å². The number of piperazine rings is 1. The number of hydrogen-bond acceptors (Lipinski definition) is 5. The minimum atomic E-state index is -0.112. The summed E-state index contributed by atoms with van der Waals surface area (Å²) in [5, 5.41) is 3.05. The quantitative estimate of drug-likeness (QED) is 0.705. The molecule has 6 nitrogen and oxygen atoms in total. The van der Waals surface area contributed by atoms with E-state index >= 15 is 0 Å². The fourth-order valence-electron chi connectivity index (χ4n) is 3.60. The van der Waals surface area contributed by atoms with Gasteiger partial charge in [-0.3, -0.25) is 9.69 Å². The molecular formula is C23H31N3O3. The summed E-state index contributed by atoms with van der Waals surface area (Å²) in [5.41, 5.74) is 1.18. The molecule has 0 saturated carbocycles. The summed E-state index contributed by atoms with van der Waals surface area (Å²) in [5.74, 6) is 1.42. The molecule has 1 N–H and O–H groups in total. The first-order valence-corrected chi connectivity index (χ1v) is 10.2. The second-order valence-electron chi connectivity index (χ2n) is 7.16. The fraction of sp³-hybridized carbons (Fsp3) is 0.435. The third kappa shape index (κ3) is 6.21. The van der Waals surface area contributed by atoms with E-state index in [1.807, 2.05) is 42.5 Å². The molecule has 1 atom stereocenters. The van der Waals surface area contributed by atoms with Crippen molar-refractivity contribution in [2.24, 2.45) is 0 Å². The summed E-state index contributed by atoms with van der Waals surface area (Å²) >= 11 is 0. The number of carbonyl (C=O) groups is 1. The van der Waals surface area contributed by atoms with Gasteiger partial charge in [-0.15, -0.1) is 0 Å². The van der Waals surface area contributed by atoms with Crippen LogP contribution in [-0.2, 0) is 4.79 Å². The van der Waals surface area contributed by atoms with Gasteiger partial charge in [0.05, 0.1) is 13.2 Å². The lowest BCUT2D eigenvalue weighted by Gasteiger charge is -2.39. The van der Waals surface area contributed by atoms with Gasteiger partial charge < -0.3 is 19.7 Å². The molecule has 1 aliphatic rings. The Kier molecular flexibility index (Phi) is 7.90. The van der Waals surface area contributed by atoms with Gasteiger partial charge in [0.15, 0.2) is 6.61 Å². The number of amides is 1.